The number of rotatable bonds is 19. The van der Waals surface area contributed by atoms with Crippen LogP contribution in [-0.4, -0.2) is 36.4 Å². The molecule has 32 heavy (non-hydrogen) atoms. The Morgan fingerprint density at radius 2 is 1.22 bits per heavy atom. The lowest BCUT2D eigenvalue weighted by atomic mass is 10.0. The Labute approximate surface area is 196 Å². The minimum atomic E-state index is 0.678. The first-order chi connectivity index (χ1) is 15.8. The zero-order chi connectivity index (χ0) is 22.7. The standard InChI is InChI=1S/C28H44N2O2/c1-3-5-6-7-8-9-10-11-14-25-16-18-26(19-17-25)27-23-29-28(30-24-27)15-12-13-20-32-22-21-31-4-2/h16-19,23-24H,3-15,20-22H2,1-2H3. The monoisotopic (exact) mass is 440 g/mol. The summed E-state index contributed by atoms with van der Waals surface area (Å²) in [6.45, 7) is 7.16. The second kappa shape index (κ2) is 17.7. The number of aromatic nitrogens is 2. The average Bonchev–Trinajstić information content (AvgIpc) is 2.83. The first-order valence-corrected chi connectivity index (χ1v) is 12.9. The van der Waals surface area contributed by atoms with E-state index in [4.69, 9.17) is 9.47 Å². The number of hydrogen-bond donors (Lipinski definition) is 0. The fraction of sp³-hybridized carbons (Fsp3) is 0.643. The molecule has 1 heterocycles. The molecule has 2 rings (SSSR count). The van der Waals surface area contributed by atoms with Crippen LogP contribution < -0.4 is 0 Å². The minimum absolute atomic E-state index is 0.678. The van der Waals surface area contributed by atoms with Crippen LogP contribution in [0, 0.1) is 0 Å². The Morgan fingerprint density at radius 3 is 1.91 bits per heavy atom. The van der Waals surface area contributed by atoms with E-state index in [0.29, 0.717) is 13.2 Å². The van der Waals surface area contributed by atoms with Gasteiger partial charge in [-0.2, -0.15) is 0 Å². The maximum absolute atomic E-state index is 5.55. The predicted molar refractivity (Wildman–Crippen MR) is 134 cm³/mol. The van der Waals surface area contributed by atoms with Crippen LogP contribution in [0.5, 0.6) is 0 Å². The normalized spacial score (nSPS) is 11.2. The first-order valence-electron chi connectivity index (χ1n) is 12.9. The molecule has 0 unspecified atom stereocenters. The van der Waals surface area contributed by atoms with E-state index in [0.717, 1.165) is 43.9 Å². The molecule has 0 aliphatic carbocycles. The molecule has 0 aliphatic heterocycles. The van der Waals surface area contributed by atoms with Crippen LogP contribution in [0.2, 0.25) is 0 Å². The van der Waals surface area contributed by atoms with Gasteiger partial charge in [-0.05, 0) is 43.7 Å². The largest absolute Gasteiger partial charge is 0.379 e. The Hall–Kier alpha value is -1.78. The van der Waals surface area contributed by atoms with Crippen LogP contribution in [0.4, 0.5) is 0 Å². The van der Waals surface area contributed by atoms with Crippen molar-refractivity contribution in [3.05, 3.63) is 48.0 Å². The molecule has 2 aromatic rings. The summed E-state index contributed by atoms with van der Waals surface area (Å²) in [5, 5.41) is 0. The van der Waals surface area contributed by atoms with Crippen molar-refractivity contribution in [1.29, 1.82) is 0 Å². The SMILES string of the molecule is CCCCCCCCCCc1ccc(-c2cnc(CCCCOCCOCC)nc2)cc1. The molecule has 0 amide bonds. The highest BCUT2D eigenvalue weighted by atomic mass is 16.5. The van der Waals surface area contributed by atoms with Crippen LogP contribution in [0.1, 0.15) is 89.4 Å². The van der Waals surface area contributed by atoms with Gasteiger partial charge in [-0.15, -0.1) is 0 Å². The predicted octanol–water partition coefficient (Wildman–Crippen LogP) is 7.20. The lowest BCUT2D eigenvalue weighted by Gasteiger charge is -2.06. The van der Waals surface area contributed by atoms with Crippen molar-refractivity contribution in [2.75, 3.05) is 26.4 Å². The van der Waals surface area contributed by atoms with Gasteiger partial charge in [0, 0.05) is 37.6 Å². The fourth-order valence-electron chi connectivity index (χ4n) is 3.81. The van der Waals surface area contributed by atoms with Crippen molar-refractivity contribution in [3.8, 4) is 11.1 Å². The Kier molecular flexibility index (Phi) is 14.7. The first kappa shape index (κ1) is 26.5. The van der Waals surface area contributed by atoms with E-state index in [2.05, 4.69) is 41.2 Å². The lowest BCUT2D eigenvalue weighted by molar-refractivity contribution is 0.0514. The van der Waals surface area contributed by atoms with Crippen LogP contribution in [0.25, 0.3) is 11.1 Å². The average molecular weight is 441 g/mol. The number of nitrogens with zero attached hydrogens (tertiary/aromatic N) is 2. The highest BCUT2D eigenvalue weighted by molar-refractivity contribution is 5.61. The zero-order valence-electron chi connectivity index (χ0n) is 20.5. The highest BCUT2D eigenvalue weighted by Crippen LogP contribution is 2.19. The summed E-state index contributed by atoms with van der Waals surface area (Å²) in [4.78, 5) is 9.12. The van der Waals surface area contributed by atoms with Gasteiger partial charge in [-0.3, -0.25) is 0 Å². The van der Waals surface area contributed by atoms with Crippen LogP contribution in [0.3, 0.4) is 0 Å². The van der Waals surface area contributed by atoms with E-state index in [-0.39, 0.29) is 0 Å². The topological polar surface area (TPSA) is 44.2 Å². The van der Waals surface area contributed by atoms with Crippen LogP contribution >= 0.6 is 0 Å². The maximum Gasteiger partial charge on any atom is 0.128 e. The molecule has 4 heteroatoms. The van der Waals surface area contributed by atoms with Gasteiger partial charge >= 0.3 is 0 Å². The molecule has 4 nitrogen and oxygen atoms in total. The summed E-state index contributed by atoms with van der Waals surface area (Å²) >= 11 is 0. The molecule has 0 aliphatic rings. The van der Waals surface area contributed by atoms with Gasteiger partial charge in [-0.25, -0.2) is 9.97 Å². The van der Waals surface area contributed by atoms with Crippen molar-refractivity contribution in [2.45, 2.75) is 90.9 Å². The zero-order valence-corrected chi connectivity index (χ0v) is 20.5. The number of unbranched alkanes of at least 4 members (excludes halogenated alkanes) is 8. The smallest absolute Gasteiger partial charge is 0.128 e. The van der Waals surface area contributed by atoms with Crippen molar-refractivity contribution < 1.29 is 9.47 Å². The quantitative estimate of drug-likeness (QED) is 0.217. The second-order valence-electron chi connectivity index (χ2n) is 8.58. The van der Waals surface area contributed by atoms with Crippen molar-refractivity contribution >= 4 is 0 Å². The molecule has 0 fully saturated rings. The van der Waals surface area contributed by atoms with E-state index < -0.39 is 0 Å². The van der Waals surface area contributed by atoms with E-state index in [1.54, 1.807) is 0 Å². The number of hydrogen-bond acceptors (Lipinski definition) is 4. The molecule has 0 atom stereocenters. The van der Waals surface area contributed by atoms with Crippen molar-refractivity contribution in [2.24, 2.45) is 0 Å². The Morgan fingerprint density at radius 1 is 0.594 bits per heavy atom. The van der Waals surface area contributed by atoms with Gasteiger partial charge in [0.1, 0.15) is 5.82 Å². The number of benzene rings is 1. The molecule has 0 saturated carbocycles. The second-order valence-corrected chi connectivity index (χ2v) is 8.58. The molecule has 0 bridgehead atoms. The highest BCUT2D eigenvalue weighted by Gasteiger charge is 2.02. The third kappa shape index (κ3) is 11.7. The third-order valence-corrected chi connectivity index (χ3v) is 5.83. The van der Waals surface area contributed by atoms with Crippen LogP contribution in [0.15, 0.2) is 36.7 Å². The summed E-state index contributed by atoms with van der Waals surface area (Å²) in [6.07, 6.45) is 19.0. The van der Waals surface area contributed by atoms with Gasteiger partial charge in [0.2, 0.25) is 0 Å². The molecule has 0 N–H and O–H groups in total. The number of ether oxygens (including phenoxy) is 2. The molecule has 1 aromatic carbocycles. The lowest BCUT2D eigenvalue weighted by Crippen LogP contribution is -2.05. The third-order valence-electron chi connectivity index (χ3n) is 5.83. The molecular formula is C28H44N2O2. The molecule has 0 saturated heterocycles. The summed E-state index contributed by atoms with van der Waals surface area (Å²) in [7, 11) is 0. The van der Waals surface area contributed by atoms with Crippen molar-refractivity contribution in [1.82, 2.24) is 9.97 Å². The summed E-state index contributed by atoms with van der Waals surface area (Å²) in [5.74, 6) is 0.911. The Bertz CT molecular complexity index is 624. The summed E-state index contributed by atoms with van der Waals surface area (Å²) in [5.41, 5.74) is 3.71. The van der Waals surface area contributed by atoms with E-state index in [9.17, 15) is 0 Å². The van der Waals surface area contributed by atoms with Crippen LogP contribution in [-0.2, 0) is 22.3 Å². The van der Waals surface area contributed by atoms with Gasteiger partial charge in [0.05, 0.1) is 13.2 Å². The summed E-state index contributed by atoms with van der Waals surface area (Å²) in [6, 6.07) is 8.93. The molecule has 178 valence electrons. The van der Waals surface area contributed by atoms with Crippen molar-refractivity contribution in [3.63, 3.8) is 0 Å². The van der Waals surface area contributed by atoms with Gasteiger partial charge < -0.3 is 9.47 Å². The molecular weight excluding hydrogens is 396 g/mol. The van der Waals surface area contributed by atoms with Gasteiger partial charge in [-0.1, -0.05) is 76.1 Å². The number of aryl methyl sites for hydroxylation is 2. The van der Waals surface area contributed by atoms with Gasteiger partial charge in [0.25, 0.3) is 0 Å². The molecule has 0 spiro atoms. The van der Waals surface area contributed by atoms with Gasteiger partial charge in [0.15, 0.2) is 0 Å². The maximum atomic E-state index is 5.55. The minimum Gasteiger partial charge on any atom is -0.379 e. The van der Waals surface area contributed by atoms with E-state index in [1.807, 2.05) is 19.3 Å². The van der Waals surface area contributed by atoms with E-state index >= 15 is 0 Å². The molecule has 0 radical (unpaired) electrons. The summed E-state index contributed by atoms with van der Waals surface area (Å²) < 4.78 is 10.8. The molecule has 1 aromatic heterocycles. The fourth-order valence-corrected chi connectivity index (χ4v) is 3.81. The van der Waals surface area contributed by atoms with E-state index in [1.165, 1.54) is 68.9 Å². The Balaban J connectivity index is 1.61.